The Kier molecular flexibility index (Phi) is 3.62. The summed E-state index contributed by atoms with van der Waals surface area (Å²) in [5, 5.41) is 1.31. The van der Waals surface area contributed by atoms with Gasteiger partial charge in [0.2, 0.25) is 5.91 Å². The highest BCUT2D eigenvalue weighted by Gasteiger charge is 2.43. The smallest absolute Gasteiger partial charge is 0.223 e. The third-order valence-corrected chi connectivity index (χ3v) is 5.28. The highest BCUT2D eigenvalue weighted by atomic mass is 16.5. The number of nitrogens with zero attached hydrogens (tertiary/aromatic N) is 1. The molecule has 0 atom stereocenters. The highest BCUT2D eigenvalue weighted by molar-refractivity contribution is 5.85. The fourth-order valence-electron chi connectivity index (χ4n) is 4.06. The fourth-order valence-corrected chi connectivity index (χ4v) is 4.06. The molecule has 3 N–H and O–H groups in total. The van der Waals surface area contributed by atoms with Crippen LogP contribution in [0.4, 0.5) is 0 Å². The van der Waals surface area contributed by atoms with Crippen molar-refractivity contribution in [2.45, 2.75) is 31.3 Å². The van der Waals surface area contributed by atoms with E-state index in [1.807, 2.05) is 4.90 Å². The van der Waals surface area contributed by atoms with Crippen LogP contribution >= 0.6 is 0 Å². The van der Waals surface area contributed by atoms with Gasteiger partial charge in [0.05, 0.1) is 12.3 Å². The van der Waals surface area contributed by atoms with Crippen LogP contribution in [-0.4, -0.2) is 42.0 Å². The van der Waals surface area contributed by atoms with Crippen LogP contribution in [0, 0.1) is 0 Å². The molecule has 2 aliphatic heterocycles. The Labute approximate surface area is 135 Å². The van der Waals surface area contributed by atoms with Crippen molar-refractivity contribution in [2.24, 2.45) is 5.73 Å². The molecule has 3 heterocycles. The third-order valence-electron chi connectivity index (χ3n) is 5.28. The second-order valence-electron chi connectivity index (χ2n) is 6.54. The molecule has 0 bridgehead atoms. The van der Waals surface area contributed by atoms with Gasteiger partial charge in [-0.3, -0.25) is 4.79 Å². The normalized spacial score (nSPS) is 20.0. The predicted octanol–water partition coefficient (Wildman–Crippen LogP) is 1.91. The molecule has 5 nitrogen and oxygen atoms in total. The Morgan fingerprint density at radius 1 is 1.30 bits per heavy atom. The second kappa shape index (κ2) is 5.65. The minimum absolute atomic E-state index is 0.162. The third kappa shape index (κ3) is 2.35. The lowest BCUT2D eigenvalue weighted by atomic mass is 9.83. The summed E-state index contributed by atoms with van der Waals surface area (Å²) in [6.45, 7) is 2.66. The number of rotatable bonds is 2. The van der Waals surface area contributed by atoms with Gasteiger partial charge < -0.3 is 20.4 Å². The summed E-state index contributed by atoms with van der Waals surface area (Å²) >= 11 is 0. The minimum atomic E-state index is -0.258. The number of piperidine rings is 1. The summed E-state index contributed by atoms with van der Waals surface area (Å²) in [5.41, 5.74) is 9.06. The molecule has 1 saturated heterocycles. The second-order valence-corrected chi connectivity index (χ2v) is 6.54. The lowest BCUT2D eigenvalue weighted by molar-refractivity contribution is -0.140. The minimum Gasteiger partial charge on any atom is -0.368 e. The average Bonchev–Trinajstić information content (AvgIpc) is 2.96. The number of likely N-dealkylation sites (tertiary alicyclic amines) is 1. The summed E-state index contributed by atoms with van der Waals surface area (Å²) < 4.78 is 6.26. The SMILES string of the molecule is NCCC(=O)N1CCC2(CC1)OCCc1c2[nH]c2ccccc12. The molecule has 0 aliphatic carbocycles. The van der Waals surface area contributed by atoms with Gasteiger partial charge in [0, 0.05) is 37.0 Å². The molecule has 1 aromatic heterocycles. The van der Waals surface area contributed by atoms with Gasteiger partial charge in [-0.2, -0.15) is 0 Å². The Bertz CT molecular complexity index is 729. The molecule has 0 unspecified atom stereocenters. The van der Waals surface area contributed by atoms with Crippen LogP contribution in [0.25, 0.3) is 10.9 Å². The Morgan fingerprint density at radius 3 is 2.87 bits per heavy atom. The van der Waals surface area contributed by atoms with Gasteiger partial charge in [0.1, 0.15) is 5.60 Å². The Morgan fingerprint density at radius 2 is 2.09 bits per heavy atom. The van der Waals surface area contributed by atoms with Crippen molar-refractivity contribution in [3.63, 3.8) is 0 Å². The number of fused-ring (bicyclic) bond motifs is 4. The number of carbonyl (C=O) groups excluding carboxylic acids is 1. The van der Waals surface area contributed by atoms with E-state index in [2.05, 4.69) is 29.2 Å². The molecule has 0 saturated carbocycles. The molecule has 1 spiro atoms. The summed E-state index contributed by atoms with van der Waals surface area (Å²) in [4.78, 5) is 17.6. The van der Waals surface area contributed by atoms with Crippen LogP contribution in [0.5, 0.6) is 0 Å². The first-order chi connectivity index (χ1) is 11.2. The first kappa shape index (κ1) is 14.7. The van der Waals surface area contributed by atoms with Gasteiger partial charge in [-0.15, -0.1) is 0 Å². The zero-order valence-electron chi connectivity index (χ0n) is 13.3. The van der Waals surface area contributed by atoms with Crippen molar-refractivity contribution in [3.05, 3.63) is 35.5 Å². The number of carbonyl (C=O) groups is 1. The van der Waals surface area contributed by atoms with E-state index in [4.69, 9.17) is 10.5 Å². The summed E-state index contributed by atoms with van der Waals surface area (Å²) in [6, 6.07) is 8.46. The first-order valence-corrected chi connectivity index (χ1v) is 8.45. The van der Waals surface area contributed by atoms with Crippen molar-refractivity contribution < 1.29 is 9.53 Å². The molecule has 0 radical (unpaired) electrons. The van der Waals surface area contributed by atoms with Gasteiger partial charge in [-0.1, -0.05) is 18.2 Å². The summed E-state index contributed by atoms with van der Waals surface area (Å²) in [7, 11) is 0. The van der Waals surface area contributed by atoms with Crippen LogP contribution in [0.3, 0.4) is 0 Å². The van der Waals surface area contributed by atoms with E-state index in [-0.39, 0.29) is 11.5 Å². The molecular formula is C18H23N3O2. The molecule has 5 heteroatoms. The number of H-pyrrole nitrogens is 1. The number of benzene rings is 1. The van der Waals surface area contributed by atoms with Gasteiger partial charge in [-0.05, 0) is 30.9 Å². The number of hydrogen-bond donors (Lipinski definition) is 2. The number of aromatic amines is 1. The van der Waals surface area contributed by atoms with Crippen LogP contribution in [0.2, 0.25) is 0 Å². The van der Waals surface area contributed by atoms with E-state index in [9.17, 15) is 4.79 Å². The molecule has 122 valence electrons. The van der Waals surface area contributed by atoms with Gasteiger partial charge in [0.25, 0.3) is 0 Å². The van der Waals surface area contributed by atoms with Gasteiger partial charge >= 0.3 is 0 Å². The van der Waals surface area contributed by atoms with E-state index in [1.165, 1.54) is 22.2 Å². The predicted molar refractivity (Wildman–Crippen MR) is 89.1 cm³/mol. The Hall–Kier alpha value is -1.85. The standard InChI is InChI=1S/C18H23N3O2/c19-9-5-16(22)21-10-7-18(8-11-21)17-14(6-12-23-18)13-3-1-2-4-15(13)20-17/h1-4,20H,5-12,19H2. The highest BCUT2D eigenvalue weighted by Crippen LogP contribution is 2.43. The zero-order chi connectivity index (χ0) is 15.9. The van der Waals surface area contributed by atoms with Crippen LogP contribution in [0.15, 0.2) is 24.3 Å². The van der Waals surface area contributed by atoms with E-state index in [0.717, 1.165) is 39.0 Å². The van der Waals surface area contributed by atoms with E-state index >= 15 is 0 Å². The van der Waals surface area contributed by atoms with Crippen LogP contribution in [-0.2, 0) is 21.6 Å². The number of aromatic nitrogens is 1. The first-order valence-electron chi connectivity index (χ1n) is 8.45. The summed E-state index contributed by atoms with van der Waals surface area (Å²) in [5.74, 6) is 0.162. The molecule has 4 rings (SSSR count). The van der Waals surface area contributed by atoms with Crippen LogP contribution < -0.4 is 5.73 Å². The van der Waals surface area contributed by atoms with Gasteiger partial charge in [-0.25, -0.2) is 0 Å². The number of nitrogens with two attached hydrogens (primary N) is 1. The zero-order valence-corrected chi connectivity index (χ0v) is 13.3. The Balaban J connectivity index is 1.63. The van der Waals surface area contributed by atoms with Crippen molar-refractivity contribution in [1.82, 2.24) is 9.88 Å². The van der Waals surface area contributed by atoms with E-state index < -0.39 is 0 Å². The molecule has 2 aromatic rings. The topological polar surface area (TPSA) is 71.3 Å². The molecule has 1 amide bonds. The maximum atomic E-state index is 12.1. The van der Waals surface area contributed by atoms with Crippen molar-refractivity contribution in [3.8, 4) is 0 Å². The van der Waals surface area contributed by atoms with E-state index in [1.54, 1.807) is 0 Å². The molecule has 2 aliphatic rings. The number of ether oxygens (including phenoxy) is 1. The molecule has 1 fully saturated rings. The number of para-hydroxylation sites is 1. The van der Waals surface area contributed by atoms with E-state index in [0.29, 0.717) is 13.0 Å². The maximum absolute atomic E-state index is 12.1. The lowest BCUT2D eigenvalue weighted by Crippen LogP contribution is -2.48. The number of amides is 1. The monoisotopic (exact) mass is 313 g/mol. The quantitative estimate of drug-likeness (QED) is 0.889. The molecule has 1 aromatic carbocycles. The van der Waals surface area contributed by atoms with Crippen molar-refractivity contribution in [1.29, 1.82) is 0 Å². The molecule has 23 heavy (non-hydrogen) atoms. The largest absolute Gasteiger partial charge is 0.368 e. The lowest BCUT2D eigenvalue weighted by Gasteiger charge is -2.43. The van der Waals surface area contributed by atoms with Crippen molar-refractivity contribution >= 4 is 16.8 Å². The maximum Gasteiger partial charge on any atom is 0.223 e. The van der Waals surface area contributed by atoms with Crippen molar-refractivity contribution in [2.75, 3.05) is 26.2 Å². The van der Waals surface area contributed by atoms with Crippen LogP contribution in [0.1, 0.15) is 30.5 Å². The average molecular weight is 313 g/mol. The fraction of sp³-hybridized carbons (Fsp3) is 0.500. The number of nitrogens with one attached hydrogen (secondary N) is 1. The van der Waals surface area contributed by atoms with Gasteiger partial charge in [0.15, 0.2) is 0 Å². The molecular weight excluding hydrogens is 290 g/mol. The number of hydrogen-bond acceptors (Lipinski definition) is 3. The summed E-state index contributed by atoms with van der Waals surface area (Å²) in [6.07, 6.45) is 3.09.